The van der Waals surface area contributed by atoms with Crippen LogP contribution in [0.15, 0.2) is 18.5 Å². The van der Waals surface area contributed by atoms with Gasteiger partial charge in [-0.25, -0.2) is 0 Å². The molecule has 0 radical (unpaired) electrons. The van der Waals surface area contributed by atoms with E-state index in [1.807, 2.05) is 24.6 Å². The number of halogens is 1. The Labute approximate surface area is 99.1 Å². The number of nitrogen functional groups attached to an aromatic ring is 1. The second-order valence-electron chi connectivity index (χ2n) is 3.71. The van der Waals surface area contributed by atoms with Crippen LogP contribution in [0.25, 0.3) is 0 Å². The van der Waals surface area contributed by atoms with Gasteiger partial charge < -0.3 is 5.73 Å². The summed E-state index contributed by atoms with van der Waals surface area (Å²) < 4.78 is 1.85. The van der Waals surface area contributed by atoms with Crippen molar-refractivity contribution in [3.05, 3.63) is 40.4 Å². The van der Waals surface area contributed by atoms with Gasteiger partial charge in [-0.15, -0.1) is 0 Å². The van der Waals surface area contributed by atoms with Crippen LogP contribution in [-0.2, 0) is 6.54 Å². The lowest BCUT2D eigenvalue weighted by atomic mass is 10.2. The first kappa shape index (κ1) is 11.0. The van der Waals surface area contributed by atoms with Crippen LogP contribution >= 0.6 is 11.6 Å². The topological polar surface area (TPSA) is 56.7 Å². The quantitative estimate of drug-likeness (QED) is 0.870. The van der Waals surface area contributed by atoms with E-state index >= 15 is 0 Å². The minimum atomic E-state index is 0.616. The molecule has 5 heteroatoms. The average Bonchev–Trinajstić information content (AvgIpc) is 2.50. The van der Waals surface area contributed by atoms with Crippen LogP contribution in [0.2, 0.25) is 5.02 Å². The fraction of sp³-hybridized carbons (Fsp3) is 0.273. The molecule has 4 nitrogen and oxygen atoms in total. The highest BCUT2D eigenvalue weighted by Crippen LogP contribution is 2.19. The maximum atomic E-state index is 6.04. The number of nitrogens with two attached hydrogens (primary N) is 1. The number of pyridine rings is 1. The van der Waals surface area contributed by atoms with Crippen molar-refractivity contribution in [2.24, 2.45) is 0 Å². The fourth-order valence-electron chi connectivity index (χ4n) is 1.56. The van der Waals surface area contributed by atoms with E-state index in [4.69, 9.17) is 17.3 Å². The number of hydrogen-bond donors (Lipinski definition) is 1. The molecule has 0 aliphatic carbocycles. The van der Waals surface area contributed by atoms with E-state index in [1.165, 1.54) is 0 Å². The van der Waals surface area contributed by atoms with Gasteiger partial charge in [-0.3, -0.25) is 9.67 Å². The van der Waals surface area contributed by atoms with Crippen LogP contribution < -0.4 is 5.73 Å². The molecule has 16 heavy (non-hydrogen) atoms. The highest BCUT2D eigenvalue weighted by Gasteiger charge is 2.09. The van der Waals surface area contributed by atoms with Crippen LogP contribution in [0.3, 0.4) is 0 Å². The van der Waals surface area contributed by atoms with Crippen molar-refractivity contribution >= 4 is 17.3 Å². The van der Waals surface area contributed by atoms with E-state index in [0.717, 1.165) is 22.6 Å². The molecule has 2 N–H and O–H groups in total. The summed E-state index contributed by atoms with van der Waals surface area (Å²) in [6.07, 6.45) is 3.35. The summed E-state index contributed by atoms with van der Waals surface area (Å²) in [5.74, 6) is 0. The number of rotatable bonds is 2. The number of hydrogen-bond acceptors (Lipinski definition) is 3. The molecule has 0 aliphatic heterocycles. The third kappa shape index (κ3) is 1.88. The molecule has 0 saturated heterocycles. The second kappa shape index (κ2) is 4.14. The Morgan fingerprint density at radius 1 is 1.44 bits per heavy atom. The molecule has 2 aromatic heterocycles. The van der Waals surface area contributed by atoms with Gasteiger partial charge in [0.2, 0.25) is 0 Å². The van der Waals surface area contributed by atoms with Crippen LogP contribution in [0.4, 0.5) is 5.69 Å². The van der Waals surface area contributed by atoms with E-state index < -0.39 is 0 Å². The summed E-state index contributed by atoms with van der Waals surface area (Å²) in [6.45, 7) is 4.46. The third-order valence-electron chi connectivity index (χ3n) is 2.61. The normalized spacial score (nSPS) is 10.7. The van der Waals surface area contributed by atoms with Gasteiger partial charge in [0.15, 0.2) is 0 Å². The van der Waals surface area contributed by atoms with Gasteiger partial charge in [0.1, 0.15) is 0 Å². The molecule has 2 aromatic rings. The van der Waals surface area contributed by atoms with E-state index in [2.05, 4.69) is 10.1 Å². The zero-order chi connectivity index (χ0) is 11.7. The van der Waals surface area contributed by atoms with Crippen molar-refractivity contribution in [1.82, 2.24) is 14.8 Å². The predicted octanol–water partition coefficient (Wildman–Crippen LogP) is 2.18. The summed E-state index contributed by atoms with van der Waals surface area (Å²) in [4.78, 5) is 3.95. The van der Waals surface area contributed by atoms with Crippen LogP contribution in [0.1, 0.15) is 17.0 Å². The Morgan fingerprint density at radius 2 is 2.19 bits per heavy atom. The van der Waals surface area contributed by atoms with Gasteiger partial charge in [0, 0.05) is 12.4 Å². The Hall–Kier alpha value is -1.55. The highest BCUT2D eigenvalue weighted by molar-refractivity contribution is 6.31. The zero-order valence-electron chi connectivity index (χ0n) is 9.24. The minimum Gasteiger partial charge on any atom is -0.396 e. The molecule has 0 bridgehead atoms. The van der Waals surface area contributed by atoms with E-state index in [0.29, 0.717) is 11.6 Å². The Morgan fingerprint density at radius 3 is 2.75 bits per heavy atom. The van der Waals surface area contributed by atoms with E-state index in [1.54, 1.807) is 12.4 Å². The van der Waals surface area contributed by atoms with Gasteiger partial charge in [-0.1, -0.05) is 11.6 Å². The summed E-state index contributed by atoms with van der Waals surface area (Å²) in [6, 6.07) is 1.88. The summed E-state index contributed by atoms with van der Waals surface area (Å²) in [5, 5.41) is 5.01. The first-order valence-corrected chi connectivity index (χ1v) is 5.35. The van der Waals surface area contributed by atoms with E-state index in [-0.39, 0.29) is 0 Å². The Kier molecular flexibility index (Phi) is 2.83. The van der Waals surface area contributed by atoms with Crippen molar-refractivity contribution in [1.29, 1.82) is 0 Å². The van der Waals surface area contributed by atoms with Gasteiger partial charge in [-0.2, -0.15) is 5.10 Å². The highest BCUT2D eigenvalue weighted by atomic mass is 35.5. The van der Waals surface area contributed by atoms with E-state index in [9.17, 15) is 0 Å². The van der Waals surface area contributed by atoms with Gasteiger partial charge in [0.25, 0.3) is 0 Å². The van der Waals surface area contributed by atoms with Crippen LogP contribution in [0.5, 0.6) is 0 Å². The van der Waals surface area contributed by atoms with Crippen molar-refractivity contribution < 1.29 is 0 Å². The zero-order valence-corrected chi connectivity index (χ0v) is 9.99. The monoisotopic (exact) mass is 236 g/mol. The lowest BCUT2D eigenvalue weighted by Gasteiger charge is -2.05. The van der Waals surface area contributed by atoms with Gasteiger partial charge in [0.05, 0.1) is 28.6 Å². The molecule has 0 saturated carbocycles. The molecule has 0 atom stereocenters. The Balaban J connectivity index is 2.34. The molecule has 2 rings (SSSR count). The van der Waals surface area contributed by atoms with Crippen molar-refractivity contribution in [2.75, 3.05) is 5.73 Å². The number of nitrogens with zero attached hydrogens (tertiary/aromatic N) is 3. The standard InChI is InChI=1S/C11H13ClN4/c1-7-11(13)8(2)16(15-7)6-9-3-4-14-5-10(9)12/h3-5H,6,13H2,1-2H3. The smallest absolute Gasteiger partial charge is 0.0826 e. The molecular weight excluding hydrogens is 224 g/mol. The summed E-state index contributed by atoms with van der Waals surface area (Å²) in [7, 11) is 0. The molecule has 0 aliphatic rings. The average molecular weight is 237 g/mol. The molecule has 0 aromatic carbocycles. The SMILES string of the molecule is Cc1nn(Cc2ccncc2Cl)c(C)c1N. The molecule has 0 spiro atoms. The third-order valence-corrected chi connectivity index (χ3v) is 2.95. The molecule has 0 unspecified atom stereocenters. The van der Waals surface area contributed by atoms with Crippen molar-refractivity contribution in [3.63, 3.8) is 0 Å². The fourth-order valence-corrected chi connectivity index (χ4v) is 1.74. The molecule has 84 valence electrons. The maximum absolute atomic E-state index is 6.04. The summed E-state index contributed by atoms with van der Waals surface area (Å²) >= 11 is 6.04. The molecule has 0 fully saturated rings. The summed E-state index contributed by atoms with van der Waals surface area (Å²) in [5.41, 5.74) is 9.41. The minimum absolute atomic E-state index is 0.616. The molecule has 0 amide bonds. The van der Waals surface area contributed by atoms with Gasteiger partial charge in [-0.05, 0) is 25.5 Å². The lowest BCUT2D eigenvalue weighted by Crippen LogP contribution is -2.05. The van der Waals surface area contributed by atoms with Crippen LogP contribution in [-0.4, -0.2) is 14.8 Å². The second-order valence-corrected chi connectivity index (χ2v) is 4.12. The lowest BCUT2D eigenvalue weighted by molar-refractivity contribution is 0.659. The Bertz CT molecular complexity index is 519. The van der Waals surface area contributed by atoms with Crippen molar-refractivity contribution in [3.8, 4) is 0 Å². The maximum Gasteiger partial charge on any atom is 0.0826 e. The largest absolute Gasteiger partial charge is 0.396 e. The first-order valence-electron chi connectivity index (χ1n) is 4.97. The molecule has 2 heterocycles. The number of aromatic nitrogens is 3. The van der Waals surface area contributed by atoms with Crippen molar-refractivity contribution in [2.45, 2.75) is 20.4 Å². The number of aryl methyl sites for hydroxylation is 1. The first-order chi connectivity index (χ1) is 7.59. The number of anilines is 1. The van der Waals surface area contributed by atoms with Crippen LogP contribution in [0, 0.1) is 13.8 Å². The molecular formula is C11H13ClN4. The van der Waals surface area contributed by atoms with Gasteiger partial charge >= 0.3 is 0 Å². The predicted molar refractivity (Wildman–Crippen MR) is 64.5 cm³/mol.